The van der Waals surface area contributed by atoms with Gasteiger partial charge in [-0.25, -0.2) is 0 Å². The number of fused-ring (bicyclic) bond motifs is 1. The average Bonchev–Trinajstić information content (AvgIpc) is 2.67. The van der Waals surface area contributed by atoms with Gasteiger partial charge >= 0.3 is 0 Å². The molecule has 0 spiro atoms. The van der Waals surface area contributed by atoms with E-state index in [0.717, 1.165) is 28.7 Å². The molecule has 3 rings (SSSR count). The third-order valence-electron chi connectivity index (χ3n) is 4.85. The standard InChI is InChI=1S/C24H28O2/c1-3-4-9-19-13-14-24(22-12-6-5-11-21(19)22)26-16-15-23(25)20-10-7-8-18(2)17-20/h5-8,10-14,17,23,25H,3-4,9,15-16H2,1-2H3. The Kier molecular flexibility index (Phi) is 6.30. The molecule has 0 fully saturated rings. The maximum absolute atomic E-state index is 10.4. The summed E-state index contributed by atoms with van der Waals surface area (Å²) in [5, 5.41) is 12.8. The second-order valence-corrected chi connectivity index (χ2v) is 6.94. The van der Waals surface area contributed by atoms with Crippen LogP contribution in [0.1, 0.15) is 49.0 Å². The molecule has 2 nitrogen and oxygen atoms in total. The number of aliphatic hydroxyl groups excluding tert-OH is 1. The van der Waals surface area contributed by atoms with Gasteiger partial charge < -0.3 is 9.84 Å². The zero-order valence-corrected chi connectivity index (χ0v) is 15.7. The highest BCUT2D eigenvalue weighted by Gasteiger charge is 2.10. The first-order valence-corrected chi connectivity index (χ1v) is 9.57. The Morgan fingerprint density at radius 2 is 1.77 bits per heavy atom. The van der Waals surface area contributed by atoms with Crippen LogP contribution in [0, 0.1) is 6.92 Å². The van der Waals surface area contributed by atoms with Crippen molar-refractivity contribution in [3.63, 3.8) is 0 Å². The number of ether oxygens (including phenoxy) is 1. The van der Waals surface area contributed by atoms with Gasteiger partial charge in [0.2, 0.25) is 0 Å². The summed E-state index contributed by atoms with van der Waals surface area (Å²) in [5.41, 5.74) is 3.50. The van der Waals surface area contributed by atoms with Gasteiger partial charge in [-0.05, 0) is 42.3 Å². The molecule has 0 radical (unpaired) electrons. The lowest BCUT2D eigenvalue weighted by molar-refractivity contribution is 0.141. The monoisotopic (exact) mass is 348 g/mol. The third kappa shape index (κ3) is 4.44. The number of aryl methyl sites for hydroxylation is 2. The molecule has 0 aliphatic heterocycles. The second kappa shape index (κ2) is 8.86. The van der Waals surface area contributed by atoms with E-state index < -0.39 is 6.10 Å². The maximum Gasteiger partial charge on any atom is 0.127 e. The number of hydrogen-bond acceptors (Lipinski definition) is 2. The van der Waals surface area contributed by atoms with Gasteiger partial charge in [0.05, 0.1) is 12.7 Å². The molecule has 136 valence electrons. The van der Waals surface area contributed by atoms with Crippen LogP contribution < -0.4 is 4.74 Å². The van der Waals surface area contributed by atoms with Crippen LogP contribution in [0.2, 0.25) is 0 Å². The molecular formula is C24H28O2. The van der Waals surface area contributed by atoms with Crippen molar-refractivity contribution in [2.24, 2.45) is 0 Å². The van der Waals surface area contributed by atoms with Gasteiger partial charge in [-0.2, -0.15) is 0 Å². The minimum atomic E-state index is -0.495. The van der Waals surface area contributed by atoms with Crippen molar-refractivity contribution in [1.82, 2.24) is 0 Å². The molecule has 0 saturated heterocycles. The van der Waals surface area contributed by atoms with Crippen LogP contribution in [0.25, 0.3) is 10.8 Å². The zero-order valence-electron chi connectivity index (χ0n) is 15.7. The SMILES string of the molecule is CCCCc1ccc(OCCC(O)c2cccc(C)c2)c2ccccc12. The normalized spacial score (nSPS) is 12.3. The smallest absolute Gasteiger partial charge is 0.127 e. The van der Waals surface area contributed by atoms with Crippen molar-refractivity contribution >= 4 is 10.8 Å². The Morgan fingerprint density at radius 3 is 2.54 bits per heavy atom. The topological polar surface area (TPSA) is 29.5 Å². The molecule has 1 atom stereocenters. The van der Waals surface area contributed by atoms with E-state index in [9.17, 15) is 5.11 Å². The van der Waals surface area contributed by atoms with Crippen LogP contribution in [-0.4, -0.2) is 11.7 Å². The quantitative estimate of drug-likeness (QED) is 0.541. The van der Waals surface area contributed by atoms with E-state index in [1.54, 1.807) is 0 Å². The van der Waals surface area contributed by atoms with E-state index in [1.165, 1.54) is 23.8 Å². The van der Waals surface area contributed by atoms with E-state index >= 15 is 0 Å². The Balaban J connectivity index is 1.69. The van der Waals surface area contributed by atoms with E-state index in [0.29, 0.717) is 13.0 Å². The number of aliphatic hydroxyl groups is 1. The van der Waals surface area contributed by atoms with E-state index in [-0.39, 0.29) is 0 Å². The molecule has 3 aromatic rings. The van der Waals surface area contributed by atoms with Gasteiger partial charge in [0.25, 0.3) is 0 Å². The number of hydrogen-bond donors (Lipinski definition) is 1. The fraction of sp³-hybridized carbons (Fsp3) is 0.333. The lowest BCUT2D eigenvalue weighted by atomic mass is 9.99. The van der Waals surface area contributed by atoms with Gasteiger partial charge in [-0.15, -0.1) is 0 Å². The predicted octanol–water partition coefficient (Wildman–Crippen LogP) is 5.99. The molecule has 2 heteroatoms. The Morgan fingerprint density at radius 1 is 0.962 bits per heavy atom. The summed E-state index contributed by atoms with van der Waals surface area (Å²) in [6, 6.07) is 20.7. The van der Waals surface area contributed by atoms with Crippen molar-refractivity contribution in [2.75, 3.05) is 6.61 Å². The molecule has 0 amide bonds. The highest BCUT2D eigenvalue weighted by atomic mass is 16.5. The van der Waals surface area contributed by atoms with Gasteiger partial charge in [-0.1, -0.05) is 73.5 Å². The molecule has 0 aliphatic rings. The molecule has 1 N–H and O–H groups in total. The second-order valence-electron chi connectivity index (χ2n) is 6.94. The summed E-state index contributed by atoms with van der Waals surface area (Å²) in [5.74, 6) is 0.900. The minimum Gasteiger partial charge on any atom is -0.493 e. The first-order valence-electron chi connectivity index (χ1n) is 9.57. The van der Waals surface area contributed by atoms with E-state index in [4.69, 9.17) is 4.74 Å². The maximum atomic E-state index is 10.4. The summed E-state index contributed by atoms with van der Waals surface area (Å²) < 4.78 is 6.04. The molecular weight excluding hydrogens is 320 g/mol. The molecule has 3 aromatic carbocycles. The molecule has 0 bridgehead atoms. The van der Waals surface area contributed by atoms with Crippen molar-refractivity contribution in [3.8, 4) is 5.75 Å². The zero-order chi connectivity index (χ0) is 18.4. The number of unbranched alkanes of at least 4 members (excludes halogenated alkanes) is 1. The fourth-order valence-corrected chi connectivity index (χ4v) is 3.37. The number of benzene rings is 3. The minimum absolute atomic E-state index is 0.493. The average molecular weight is 348 g/mol. The van der Waals surface area contributed by atoms with Crippen LogP contribution >= 0.6 is 0 Å². The summed E-state index contributed by atoms with van der Waals surface area (Å²) in [4.78, 5) is 0. The third-order valence-corrected chi connectivity index (χ3v) is 4.85. The van der Waals surface area contributed by atoms with Crippen LogP contribution in [0.4, 0.5) is 0 Å². The predicted molar refractivity (Wildman–Crippen MR) is 109 cm³/mol. The molecule has 0 aromatic heterocycles. The van der Waals surface area contributed by atoms with E-state index in [2.05, 4.69) is 43.3 Å². The van der Waals surface area contributed by atoms with Crippen molar-refractivity contribution in [2.45, 2.75) is 45.6 Å². The van der Waals surface area contributed by atoms with Gasteiger partial charge in [0.1, 0.15) is 5.75 Å². The van der Waals surface area contributed by atoms with Crippen LogP contribution in [0.5, 0.6) is 5.75 Å². The first kappa shape index (κ1) is 18.5. The Hall–Kier alpha value is -2.32. The summed E-state index contributed by atoms with van der Waals surface area (Å²) in [6.07, 6.45) is 3.58. The van der Waals surface area contributed by atoms with Crippen LogP contribution in [0.3, 0.4) is 0 Å². The van der Waals surface area contributed by atoms with Gasteiger partial charge in [-0.3, -0.25) is 0 Å². The fourth-order valence-electron chi connectivity index (χ4n) is 3.37. The highest BCUT2D eigenvalue weighted by molar-refractivity contribution is 5.91. The molecule has 0 saturated carbocycles. The largest absolute Gasteiger partial charge is 0.493 e. The Labute approximate surface area is 156 Å². The highest BCUT2D eigenvalue weighted by Crippen LogP contribution is 2.30. The van der Waals surface area contributed by atoms with Crippen molar-refractivity contribution in [1.29, 1.82) is 0 Å². The molecule has 1 unspecified atom stereocenters. The van der Waals surface area contributed by atoms with Crippen molar-refractivity contribution in [3.05, 3.63) is 77.4 Å². The Bertz CT molecular complexity index is 854. The molecule has 0 heterocycles. The number of rotatable bonds is 8. The van der Waals surface area contributed by atoms with Gasteiger partial charge in [0.15, 0.2) is 0 Å². The van der Waals surface area contributed by atoms with Crippen LogP contribution in [0.15, 0.2) is 60.7 Å². The van der Waals surface area contributed by atoms with Gasteiger partial charge in [0, 0.05) is 11.8 Å². The molecule has 0 aliphatic carbocycles. The lowest BCUT2D eigenvalue weighted by Crippen LogP contribution is -2.06. The van der Waals surface area contributed by atoms with Crippen LogP contribution in [-0.2, 0) is 6.42 Å². The lowest BCUT2D eigenvalue weighted by Gasteiger charge is -2.15. The summed E-state index contributed by atoms with van der Waals surface area (Å²) in [7, 11) is 0. The first-order chi connectivity index (χ1) is 12.7. The van der Waals surface area contributed by atoms with Crippen molar-refractivity contribution < 1.29 is 9.84 Å². The van der Waals surface area contributed by atoms with E-state index in [1.807, 2.05) is 31.2 Å². The summed E-state index contributed by atoms with van der Waals surface area (Å²) in [6.45, 7) is 4.76. The summed E-state index contributed by atoms with van der Waals surface area (Å²) >= 11 is 0. The molecule has 26 heavy (non-hydrogen) atoms.